The van der Waals surface area contributed by atoms with Gasteiger partial charge in [0.2, 0.25) is 10.0 Å². The number of rotatable bonds is 3. The minimum atomic E-state index is -3.55. The predicted octanol–water partition coefficient (Wildman–Crippen LogP) is 1.66. The molecule has 3 rings (SSSR count). The zero-order valence-corrected chi connectivity index (χ0v) is 12.8. The highest BCUT2D eigenvalue weighted by Gasteiger charge is 2.35. The van der Waals surface area contributed by atoms with Crippen LogP contribution < -0.4 is 5.73 Å². The number of aryl methyl sites for hydroxylation is 1. The molecule has 0 aliphatic carbocycles. The number of sulfonamides is 1. The van der Waals surface area contributed by atoms with E-state index in [4.69, 9.17) is 5.73 Å². The van der Waals surface area contributed by atoms with Crippen molar-refractivity contribution in [3.8, 4) is 0 Å². The Morgan fingerprint density at radius 3 is 3.00 bits per heavy atom. The molecule has 2 heterocycles. The Morgan fingerprint density at radius 1 is 1.43 bits per heavy atom. The van der Waals surface area contributed by atoms with E-state index < -0.39 is 10.0 Å². The van der Waals surface area contributed by atoms with Gasteiger partial charge in [-0.05, 0) is 37.5 Å². The van der Waals surface area contributed by atoms with Crippen molar-refractivity contribution in [1.29, 1.82) is 0 Å². The molecule has 1 atom stereocenters. The van der Waals surface area contributed by atoms with Crippen LogP contribution in [-0.2, 0) is 10.0 Å². The van der Waals surface area contributed by atoms with E-state index in [0.717, 1.165) is 23.8 Å². The highest BCUT2D eigenvalue weighted by Crippen LogP contribution is 2.29. The summed E-state index contributed by atoms with van der Waals surface area (Å²) in [7, 11) is -3.55. The number of benzene rings is 1. The Hall–Kier alpha value is -1.50. The van der Waals surface area contributed by atoms with Crippen LogP contribution in [0.15, 0.2) is 35.4 Å². The van der Waals surface area contributed by atoms with E-state index in [9.17, 15) is 8.42 Å². The van der Waals surface area contributed by atoms with Gasteiger partial charge in [-0.15, -0.1) is 0 Å². The molecule has 1 aromatic heterocycles. The molecule has 1 aliphatic heterocycles. The molecule has 0 saturated carbocycles. The molecule has 0 bridgehead atoms. The molecule has 1 fully saturated rings. The van der Waals surface area contributed by atoms with Crippen LogP contribution in [0.4, 0.5) is 0 Å². The van der Waals surface area contributed by atoms with Crippen molar-refractivity contribution in [2.45, 2.75) is 30.7 Å². The van der Waals surface area contributed by atoms with Crippen LogP contribution in [0.1, 0.15) is 18.4 Å². The van der Waals surface area contributed by atoms with E-state index in [1.165, 1.54) is 4.31 Å². The van der Waals surface area contributed by atoms with Crippen molar-refractivity contribution < 1.29 is 8.42 Å². The minimum Gasteiger partial charge on any atom is -0.329 e. The Bertz CT molecular complexity index is 774. The summed E-state index contributed by atoms with van der Waals surface area (Å²) in [5, 5.41) is 0.847. The third-order valence-corrected chi connectivity index (χ3v) is 5.98. The highest BCUT2D eigenvalue weighted by atomic mass is 32.2. The first kappa shape index (κ1) is 14.4. The van der Waals surface area contributed by atoms with E-state index in [-0.39, 0.29) is 10.9 Å². The summed E-state index contributed by atoms with van der Waals surface area (Å²) < 4.78 is 27.4. The molecule has 6 heteroatoms. The van der Waals surface area contributed by atoms with Crippen LogP contribution in [0.2, 0.25) is 0 Å². The van der Waals surface area contributed by atoms with Gasteiger partial charge in [-0.3, -0.25) is 4.98 Å². The lowest BCUT2D eigenvalue weighted by atomic mass is 10.2. The maximum atomic E-state index is 12.9. The second-order valence-electron chi connectivity index (χ2n) is 5.49. The van der Waals surface area contributed by atoms with Gasteiger partial charge in [-0.2, -0.15) is 4.31 Å². The topological polar surface area (TPSA) is 76.3 Å². The summed E-state index contributed by atoms with van der Waals surface area (Å²) in [5.41, 5.74) is 7.25. The number of nitrogens with two attached hydrogens (primary N) is 1. The smallest absolute Gasteiger partial charge is 0.245 e. The standard InChI is InChI=1S/C15H19N3O2S/c1-11-8-12-4-2-6-14(15(12)17-10-11)21(19,20)18-7-3-5-13(18)9-16/h2,4,6,8,10,13H,3,5,7,9,16H2,1H3. The number of hydrogen-bond acceptors (Lipinski definition) is 4. The number of aromatic nitrogens is 1. The summed E-state index contributed by atoms with van der Waals surface area (Å²) in [6.07, 6.45) is 3.39. The van der Waals surface area contributed by atoms with Crippen LogP contribution >= 0.6 is 0 Å². The molecule has 2 aromatic rings. The molecule has 5 nitrogen and oxygen atoms in total. The largest absolute Gasteiger partial charge is 0.329 e. The predicted molar refractivity (Wildman–Crippen MR) is 82.4 cm³/mol. The van der Waals surface area contributed by atoms with E-state index >= 15 is 0 Å². The first-order valence-corrected chi connectivity index (χ1v) is 8.55. The third-order valence-electron chi connectivity index (χ3n) is 3.99. The molecule has 112 valence electrons. The maximum Gasteiger partial charge on any atom is 0.245 e. The molecule has 2 N–H and O–H groups in total. The zero-order valence-electron chi connectivity index (χ0n) is 12.0. The fraction of sp³-hybridized carbons (Fsp3) is 0.400. The second kappa shape index (κ2) is 5.36. The summed E-state index contributed by atoms with van der Waals surface area (Å²) in [5.74, 6) is 0. The van der Waals surface area contributed by atoms with Gasteiger partial charge in [0.1, 0.15) is 4.90 Å². The highest BCUT2D eigenvalue weighted by molar-refractivity contribution is 7.89. The van der Waals surface area contributed by atoms with Crippen LogP contribution in [0.5, 0.6) is 0 Å². The average Bonchev–Trinajstić information content (AvgIpc) is 2.95. The number of fused-ring (bicyclic) bond motifs is 1. The molecule has 0 amide bonds. The van der Waals surface area contributed by atoms with Crippen molar-refractivity contribution in [2.75, 3.05) is 13.1 Å². The normalized spacial score (nSPS) is 20.2. The molecule has 0 spiro atoms. The summed E-state index contributed by atoms with van der Waals surface area (Å²) in [6, 6.07) is 7.14. The van der Waals surface area contributed by atoms with Gasteiger partial charge in [0.25, 0.3) is 0 Å². The van der Waals surface area contributed by atoms with Crippen molar-refractivity contribution in [3.05, 3.63) is 36.0 Å². The molecule has 0 radical (unpaired) electrons. The first-order chi connectivity index (χ1) is 10.0. The van der Waals surface area contributed by atoms with Gasteiger partial charge in [0.15, 0.2) is 0 Å². The van der Waals surface area contributed by atoms with Crippen LogP contribution in [0.3, 0.4) is 0 Å². The number of hydrogen-bond donors (Lipinski definition) is 1. The van der Waals surface area contributed by atoms with Crippen molar-refractivity contribution in [3.63, 3.8) is 0 Å². The first-order valence-electron chi connectivity index (χ1n) is 7.11. The van der Waals surface area contributed by atoms with Gasteiger partial charge >= 0.3 is 0 Å². The van der Waals surface area contributed by atoms with Crippen molar-refractivity contribution in [1.82, 2.24) is 9.29 Å². The Balaban J connectivity index is 2.15. The lowest BCUT2D eigenvalue weighted by molar-refractivity contribution is 0.393. The fourth-order valence-electron chi connectivity index (χ4n) is 2.94. The van der Waals surface area contributed by atoms with Gasteiger partial charge in [0.05, 0.1) is 5.52 Å². The molecular weight excluding hydrogens is 286 g/mol. The van der Waals surface area contributed by atoms with E-state index in [0.29, 0.717) is 18.6 Å². The third kappa shape index (κ3) is 2.43. The van der Waals surface area contributed by atoms with Gasteiger partial charge in [0, 0.05) is 30.7 Å². The quantitative estimate of drug-likeness (QED) is 0.935. The fourth-order valence-corrected chi connectivity index (χ4v) is 4.81. The molecule has 1 aromatic carbocycles. The van der Waals surface area contributed by atoms with Gasteiger partial charge < -0.3 is 5.73 Å². The Kier molecular flexibility index (Phi) is 3.69. The lowest BCUT2D eigenvalue weighted by Gasteiger charge is -2.23. The average molecular weight is 305 g/mol. The minimum absolute atomic E-state index is 0.101. The monoisotopic (exact) mass is 305 g/mol. The van der Waals surface area contributed by atoms with E-state index in [1.54, 1.807) is 18.3 Å². The van der Waals surface area contributed by atoms with E-state index in [2.05, 4.69) is 4.98 Å². The lowest BCUT2D eigenvalue weighted by Crippen LogP contribution is -2.39. The summed E-state index contributed by atoms with van der Waals surface area (Å²) in [4.78, 5) is 4.61. The van der Waals surface area contributed by atoms with Crippen molar-refractivity contribution in [2.24, 2.45) is 5.73 Å². The molecule has 21 heavy (non-hydrogen) atoms. The van der Waals surface area contributed by atoms with Gasteiger partial charge in [-0.25, -0.2) is 8.42 Å². The number of nitrogens with zero attached hydrogens (tertiary/aromatic N) is 2. The number of para-hydroxylation sites is 1. The van der Waals surface area contributed by atoms with Crippen LogP contribution in [0, 0.1) is 6.92 Å². The molecule has 1 unspecified atom stereocenters. The molecule has 1 aliphatic rings. The Morgan fingerprint density at radius 2 is 2.24 bits per heavy atom. The zero-order chi connectivity index (χ0) is 15.0. The number of pyridine rings is 1. The second-order valence-corrected chi connectivity index (χ2v) is 7.35. The maximum absolute atomic E-state index is 12.9. The Labute approximate surface area is 124 Å². The SMILES string of the molecule is Cc1cnc2c(S(=O)(=O)N3CCCC3CN)cccc2c1. The van der Waals surface area contributed by atoms with Crippen molar-refractivity contribution >= 4 is 20.9 Å². The van der Waals surface area contributed by atoms with E-state index in [1.807, 2.05) is 19.1 Å². The summed E-state index contributed by atoms with van der Waals surface area (Å²) >= 11 is 0. The van der Waals surface area contributed by atoms with Gasteiger partial charge in [-0.1, -0.05) is 12.1 Å². The molecule has 1 saturated heterocycles. The molecular formula is C15H19N3O2S. The van der Waals surface area contributed by atoms with Crippen LogP contribution in [-0.4, -0.2) is 36.8 Å². The van der Waals surface area contributed by atoms with Crippen LogP contribution in [0.25, 0.3) is 10.9 Å². The summed E-state index contributed by atoms with van der Waals surface area (Å²) in [6.45, 7) is 2.83.